The lowest BCUT2D eigenvalue weighted by atomic mass is 10.0. The smallest absolute Gasteiger partial charge is 0.373 e. The van der Waals surface area contributed by atoms with Gasteiger partial charge in [0.1, 0.15) is 0 Å². The van der Waals surface area contributed by atoms with Crippen molar-refractivity contribution in [3.63, 3.8) is 0 Å². The van der Waals surface area contributed by atoms with Crippen molar-refractivity contribution in [1.29, 1.82) is 0 Å². The van der Waals surface area contributed by atoms with Gasteiger partial charge < -0.3 is 9.52 Å². The number of oxazole rings is 1. The summed E-state index contributed by atoms with van der Waals surface area (Å²) in [5.41, 5.74) is 0.599. The van der Waals surface area contributed by atoms with Crippen molar-refractivity contribution >= 4 is 21.9 Å². The Bertz CT molecular complexity index is 355. The van der Waals surface area contributed by atoms with Crippen LogP contribution < -0.4 is 0 Å². The molecule has 0 aromatic carbocycles. The van der Waals surface area contributed by atoms with E-state index >= 15 is 0 Å². The molecule has 1 aromatic heterocycles. The number of halogens is 1. The second kappa shape index (κ2) is 3.73. The Morgan fingerprint density at radius 2 is 2.14 bits per heavy atom. The van der Waals surface area contributed by atoms with Crippen molar-refractivity contribution in [2.75, 3.05) is 0 Å². The molecule has 0 spiro atoms. The van der Waals surface area contributed by atoms with Crippen LogP contribution in [0.5, 0.6) is 0 Å². The van der Waals surface area contributed by atoms with Gasteiger partial charge in [0, 0.05) is 21.8 Å². The van der Waals surface area contributed by atoms with Gasteiger partial charge in [-0.15, -0.1) is 0 Å². The van der Waals surface area contributed by atoms with Crippen LogP contribution >= 0.6 is 15.9 Å². The molecule has 1 N–H and O–H groups in total. The third kappa shape index (κ3) is 1.68. The summed E-state index contributed by atoms with van der Waals surface area (Å²) in [6, 6.07) is 0. The third-order valence-corrected chi connectivity index (χ3v) is 2.90. The van der Waals surface area contributed by atoms with Gasteiger partial charge in [0.15, 0.2) is 0 Å². The lowest BCUT2D eigenvalue weighted by molar-refractivity contribution is 0.0658. The average Bonchev–Trinajstić information content (AvgIpc) is 2.70. The normalized spacial score (nSPS) is 17.5. The summed E-state index contributed by atoms with van der Waals surface area (Å²) in [6.07, 6.45) is 4.32. The number of hydrogen-bond donors (Lipinski definition) is 1. The second-order valence-corrected chi connectivity index (χ2v) is 4.15. The van der Waals surface area contributed by atoms with Crippen LogP contribution in [0, 0.1) is 0 Å². The van der Waals surface area contributed by atoms with Gasteiger partial charge in [0.2, 0.25) is 5.76 Å². The third-order valence-electron chi connectivity index (χ3n) is 2.56. The molecule has 0 saturated heterocycles. The first-order valence-electron chi connectivity index (χ1n) is 4.58. The van der Waals surface area contributed by atoms with Gasteiger partial charge in [0.25, 0.3) is 4.80 Å². The molecule has 14 heavy (non-hydrogen) atoms. The summed E-state index contributed by atoms with van der Waals surface area (Å²) in [5, 5.41) is 8.88. The number of rotatable bonds is 2. The number of nitrogens with zero attached hydrogens (tertiary/aromatic N) is 1. The van der Waals surface area contributed by atoms with E-state index in [2.05, 4.69) is 20.9 Å². The number of aromatic carboxylic acids is 1. The summed E-state index contributed by atoms with van der Waals surface area (Å²) in [6.45, 7) is 0. The number of carboxylic acids is 1. The molecule has 4 nitrogen and oxygen atoms in total. The summed E-state index contributed by atoms with van der Waals surface area (Å²) >= 11 is 3.06. The Labute approximate surface area is 89.5 Å². The summed E-state index contributed by atoms with van der Waals surface area (Å²) in [7, 11) is 0. The van der Waals surface area contributed by atoms with Gasteiger partial charge >= 0.3 is 5.97 Å². The molecule has 2 rings (SSSR count). The summed E-state index contributed by atoms with van der Waals surface area (Å²) in [4.78, 5) is 15.2. The van der Waals surface area contributed by atoms with E-state index in [4.69, 9.17) is 9.52 Å². The van der Waals surface area contributed by atoms with E-state index in [0.29, 0.717) is 5.69 Å². The van der Waals surface area contributed by atoms with Crippen molar-refractivity contribution in [3.05, 3.63) is 16.3 Å². The predicted octanol–water partition coefficient (Wildman–Crippen LogP) is 2.79. The van der Waals surface area contributed by atoms with Crippen molar-refractivity contribution < 1.29 is 14.3 Å². The highest BCUT2D eigenvalue weighted by Crippen LogP contribution is 2.36. The van der Waals surface area contributed by atoms with E-state index < -0.39 is 5.97 Å². The van der Waals surface area contributed by atoms with Crippen molar-refractivity contribution in [1.82, 2.24) is 4.98 Å². The Morgan fingerprint density at radius 3 is 2.71 bits per heavy atom. The quantitative estimate of drug-likeness (QED) is 0.887. The van der Waals surface area contributed by atoms with Crippen LogP contribution in [0.4, 0.5) is 0 Å². The Kier molecular flexibility index (Phi) is 2.58. The monoisotopic (exact) mass is 259 g/mol. The molecule has 0 atom stereocenters. The molecule has 0 bridgehead atoms. The van der Waals surface area contributed by atoms with E-state index in [1.165, 1.54) is 0 Å². The van der Waals surface area contributed by atoms with Gasteiger partial charge in [-0.2, -0.15) is 0 Å². The van der Waals surface area contributed by atoms with Crippen molar-refractivity contribution in [2.45, 2.75) is 31.6 Å². The van der Waals surface area contributed by atoms with Crippen LogP contribution in [0.1, 0.15) is 47.8 Å². The summed E-state index contributed by atoms with van der Waals surface area (Å²) < 4.78 is 4.99. The topological polar surface area (TPSA) is 63.3 Å². The van der Waals surface area contributed by atoms with E-state index in [-0.39, 0.29) is 16.5 Å². The lowest BCUT2D eigenvalue weighted by Gasteiger charge is -2.03. The standard InChI is InChI=1S/C9H10BrNO3/c10-9-11-6(5-3-1-2-4-5)7(14-9)8(12)13/h5H,1-4H2,(H,12,13). The zero-order valence-corrected chi connectivity index (χ0v) is 9.08. The number of carboxylic acid groups (broad SMARTS) is 1. The van der Waals surface area contributed by atoms with E-state index in [1.54, 1.807) is 0 Å². The largest absolute Gasteiger partial charge is 0.475 e. The highest BCUT2D eigenvalue weighted by atomic mass is 79.9. The minimum atomic E-state index is -1.04. The first-order valence-corrected chi connectivity index (χ1v) is 5.37. The minimum absolute atomic E-state index is 0.0104. The maximum absolute atomic E-state index is 10.8. The molecular weight excluding hydrogens is 250 g/mol. The fraction of sp³-hybridized carbons (Fsp3) is 0.556. The minimum Gasteiger partial charge on any atom is -0.475 e. The van der Waals surface area contributed by atoms with Gasteiger partial charge in [0.05, 0.1) is 5.69 Å². The van der Waals surface area contributed by atoms with Crippen molar-refractivity contribution in [2.24, 2.45) is 0 Å². The molecule has 1 aliphatic rings. The molecule has 5 heteroatoms. The molecule has 76 valence electrons. The highest BCUT2D eigenvalue weighted by molar-refractivity contribution is 9.10. The maximum Gasteiger partial charge on any atom is 0.373 e. The highest BCUT2D eigenvalue weighted by Gasteiger charge is 2.27. The molecule has 1 aliphatic carbocycles. The van der Waals surface area contributed by atoms with Gasteiger partial charge in [-0.05, 0) is 12.8 Å². The molecule has 1 saturated carbocycles. The first kappa shape index (κ1) is 9.71. The van der Waals surface area contributed by atoms with Crippen LogP contribution in [0.2, 0.25) is 0 Å². The van der Waals surface area contributed by atoms with Crippen LogP contribution in [-0.2, 0) is 0 Å². The first-order chi connectivity index (χ1) is 6.68. The fourth-order valence-electron chi connectivity index (χ4n) is 1.93. The molecule has 0 aliphatic heterocycles. The number of carbonyl (C=O) groups is 1. The second-order valence-electron chi connectivity index (χ2n) is 3.47. The van der Waals surface area contributed by atoms with Gasteiger partial charge in [-0.1, -0.05) is 12.8 Å². The van der Waals surface area contributed by atoms with Gasteiger partial charge in [-0.25, -0.2) is 9.78 Å². The molecule has 0 radical (unpaired) electrons. The maximum atomic E-state index is 10.8. The molecule has 1 heterocycles. The molecule has 0 unspecified atom stereocenters. The Balaban J connectivity index is 2.35. The molecular formula is C9H10BrNO3. The number of aromatic nitrogens is 1. The Hall–Kier alpha value is -0.840. The summed E-state index contributed by atoms with van der Waals surface area (Å²) in [5.74, 6) is -0.787. The zero-order chi connectivity index (χ0) is 10.1. The molecule has 0 amide bonds. The van der Waals surface area contributed by atoms with Crippen LogP contribution in [0.15, 0.2) is 9.22 Å². The van der Waals surface area contributed by atoms with Crippen LogP contribution in [0.3, 0.4) is 0 Å². The van der Waals surface area contributed by atoms with E-state index in [0.717, 1.165) is 25.7 Å². The van der Waals surface area contributed by atoms with Crippen molar-refractivity contribution in [3.8, 4) is 0 Å². The zero-order valence-electron chi connectivity index (χ0n) is 7.49. The number of hydrogen-bond acceptors (Lipinski definition) is 3. The lowest BCUT2D eigenvalue weighted by Crippen LogP contribution is -2.03. The molecule has 1 fully saturated rings. The van der Waals surface area contributed by atoms with Crippen LogP contribution in [-0.4, -0.2) is 16.1 Å². The van der Waals surface area contributed by atoms with E-state index in [1.807, 2.05) is 0 Å². The van der Waals surface area contributed by atoms with E-state index in [9.17, 15) is 4.79 Å². The average molecular weight is 260 g/mol. The van der Waals surface area contributed by atoms with Gasteiger partial charge in [-0.3, -0.25) is 0 Å². The SMILES string of the molecule is O=C(O)c1oc(Br)nc1C1CCCC1. The fourth-order valence-corrected chi connectivity index (χ4v) is 2.29. The Morgan fingerprint density at radius 1 is 1.50 bits per heavy atom. The molecule has 1 aromatic rings. The predicted molar refractivity (Wildman–Crippen MR) is 52.4 cm³/mol. The van der Waals surface area contributed by atoms with Crippen LogP contribution in [0.25, 0.3) is 0 Å².